The first-order valence-electron chi connectivity index (χ1n) is 7.25. The van der Waals surface area contributed by atoms with E-state index in [9.17, 15) is 34.8 Å². The Hall–Kier alpha value is -2.10. The van der Waals surface area contributed by atoms with E-state index in [1.165, 1.54) is 18.2 Å². The van der Waals surface area contributed by atoms with Crippen molar-refractivity contribution >= 4 is 20.2 Å². The molecule has 0 bridgehead atoms. The summed E-state index contributed by atoms with van der Waals surface area (Å²) in [6, 6.07) is 14.2. The monoisotopic (exact) mass is 603 g/mol. The van der Waals surface area contributed by atoms with Gasteiger partial charge in [0, 0.05) is 0 Å². The van der Waals surface area contributed by atoms with Crippen LogP contribution in [-0.2, 0) is 20.2 Å². The Kier molecular flexibility index (Phi) is 8.70. The van der Waals surface area contributed by atoms with Gasteiger partial charge >= 0.3 is 42.3 Å². The second-order valence-electron chi connectivity index (χ2n) is 5.03. The minimum absolute atomic E-state index is 0.331. The molecule has 16 heteroatoms. The van der Waals surface area contributed by atoms with Gasteiger partial charge in [0.15, 0.2) is 19.4 Å². The molecule has 0 aliphatic heterocycles. The maximum atomic E-state index is 12.4. The normalized spacial score (nSPS) is 12.3. The summed E-state index contributed by atoms with van der Waals surface area (Å²) >= 11 is -0.969. The van der Waals surface area contributed by atoms with E-state index in [2.05, 4.69) is 4.18 Å². The van der Waals surface area contributed by atoms with Crippen molar-refractivity contribution in [3.8, 4) is 11.8 Å². The molecule has 0 heterocycles. The second kappa shape index (κ2) is 10.0. The Morgan fingerprint density at radius 2 is 1.35 bits per heavy atom. The number of hydrogen-bond donors (Lipinski definition) is 0. The molecule has 2 aromatic rings. The number of hydrogen-bond acceptors (Lipinski definition) is 7. The first-order chi connectivity index (χ1) is 14.0. The van der Waals surface area contributed by atoms with Gasteiger partial charge in [-0.1, -0.05) is 12.1 Å². The fourth-order valence-electron chi connectivity index (χ4n) is 1.46. The number of nitrogens with zero attached hydrogens (tertiary/aromatic N) is 1. The Morgan fingerprint density at radius 3 is 1.77 bits per heavy atom. The average molecular weight is 603 g/mol. The Labute approximate surface area is 182 Å². The van der Waals surface area contributed by atoms with Crippen molar-refractivity contribution in [1.82, 2.24) is 0 Å². The molecular weight excluding hydrogens is 595 g/mol. The van der Waals surface area contributed by atoms with Gasteiger partial charge in [0.1, 0.15) is 0 Å². The van der Waals surface area contributed by atoms with E-state index < -0.39 is 52.5 Å². The lowest BCUT2D eigenvalue weighted by atomic mass is 10.2. The molecule has 0 aliphatic rings. The SMILES string of the molecule is N#Cc1ccc([I+]c2ccccc2OS(=O)(=O)C(F)(F)F)cc1.O=S(=O)([O-])C(F)(F)F. The molecule has 0 unspecified atom stereocenters. The van der Waals surface area contributed by atoms with Crippen molar-refractivity contribution in [2.24, 2.45) is 0 Å². The van der Waals surface area contributed by atoms with Gasteiger partial charge in [-0.2, -0.15) is 40.0 Å². The second-order valence-corrected chi connectivity index (χ2v) is 10.9. The van der Waals surface area contributed by atoms with Gasteiger partial charge in [0.2, 0.25) is 3.57 Å². The quantitative estimate of drug-likeness (QED) is 0.158. The summed E-state index contributed by atoms with van der Waals surface area (Å²) in [7, 11) is -11.8. The predicted octanol–water partition coefficient (Wildman–Crippen LogP) is -0.0335. The number of halogens is 7. The van der Waals surface area contributed by atoms with Crippen LogP contribution in [0.2, 0.25) is 0 Å². The van der Waals surface area contributed by atoms with Gasteiger partial charge in [-0.25, -0.2) is 8.42 Å². The fraction of sp³-hybridized carbons (Fsp3) is 0.133. The highest BCUT2D eigenvalue weighted by atomic mass is 127. The molecular formula is C15H8F6INO6S2. The summed E-state index contributed by atoms with van der Waals surface area (Å²) in [5.41, 5.74) is -10.7. The Morgan fingerprint density at radius 1 is 0.871 bits per heavy atom. The van der Waals surface area contributed by atoms with Crippen LogP contribution < -0.4 is 25.4 Å². The van der Waals surface area contributed by atoms with Crippen molar-refractivity contribution in [2.45, 2.75) is 11.0 Å². The highest BCUT2D eigenvalue weighted by Crippen LogP contribution is 2.26. The van der Waals surface area contributed by atoms with Gasteiger partial charge in [0.25, 0.3) is 0 Å². The molecule has 0 atom stereocenters. The van der Waals surface area contributed by atoms with Crippen LogP contribution >= 0.6 is 0 Å². The van der Waals surface area contributed by atoms with Crippen molar-refractivity contribution in [3.63, 3.8) is 0 Å². The fourth-order valence-corrected chi connectivity index (χ4v) is 4.42. The number of para-hydroxylation sites is 1. The van der Waals surface area contributed by atoms with Crippen LogP contribution in [0.3, 0.4) is 0 Å². The summed E-state index contributed by atoms with van der Waals surface area (Å²) < 4.78 is 124. The third-order valence-corrected chi connectivity index (χ3v) is 7.13. The van der Waals surface area contributed by atoms with E-state index in [0.717, 1.165) is 3.57 Å². The van der Waals surface area contributed by atoms with Crippen LogP contribution in [0, 0.1) is 18.5 Å². The van der Waals surface area contributed by atoms with Gasteiger partial charge < -0.3 is 8.74 Å². The summed E-state index contributed by atoms with van der Waals surface area (Å²) in [6.45, 7) is 0. The largest absolute Gasteiger partial charge is 0.741 e. The topological polar surface area (TPSA) is 124 Å². The van der Waals surface area contributed by atoms with Gasteiger partial charge in [-0.3, -0.25) is 0 Å². The lowest BCUT2D eigenvalue weighted by Gasteiger charge is -2.08. The number of alkyl halides is 6. The zero-order valence-corrected chi connectivity index (χ0v) is 18.3. The minimum Gasteiger partial charge on any atom is -0.741 e. The molecule has 170 valence electrons. The Bertz CT molecular complexity index is 1160. The molecule has 7 nitrogen and oxygen atoms in total. The van der Waals surface area contributed by atoms with Crippen LogP contribution in [0.5, 0.6) is 5.75 Å². The highest BCUT2D eigenvalue weighted by Gasteiger charge is 2.49. The van der Waals surface area contributed by atoms with Gasteiger partial charge in [-0.05, 0) is 36.4 Å². The smallest absolute Gasteiger partial charge is 0.534 e. The lowest BCUT2D eigenvalue weighted by molar-refractivity contribution is -0.598. The molecule has 0 aliphatic carbocycles. The van der Waals surface area contributed by atoms with Crippen molar-refractivity contribution in [1.29, 1.82) is 5.26 Å². The molecule has 31 heavy (non-hydrogen) atoms. The zero-order chi connectivity index (χ0) is 24.1. The summed E-state index contributed by atoms with van der Waals surface area (Å²) in [4.78, 5) is 0. The summed E-state index contributed by atoms with van der Waals surface area (Å²) in [6.07, 6.45) is 0. The molecule has 0 N–H and O–H groups in total. The maximum absolute atomic E-state index is 12.4. The summed E-state index contributed by atoms with van der Waals surface area (Å²) in [5.74, 6) is -0.331. The minimum atomic E-state index is -6.09. The first-order valence-corrected chi connectivity index (χ1v) is 12.2. The third kappa shape index (κ3) is 8.16. The van der Waals surface area contributed by atoms with Gasteiger partial charge in [-0.15, -0.1) is 0 Å². The highest BCUT2D eigenvalue weighted by molar-refractivity contribution is 7.88. The van der Waals surface area contributed by atoms with Crippen LogP contribution in [0.4, 0.5) is 26.3 Å². The van der Waals surface area contributed by atoms with Crippen LogP contribution in [-0.4, -0.2) is 32.4 Å². The molecule has 0 spiro atoms. The van der Waals surface area contributed by atoms with E-state index in [4.69, 9.17) is 18.2 Å². The van der Waals surface area contributed by atoms with Crippen molar-refractivity contribution in [2.75, 3.05) is 0 Å². The Balaban J connectivity index is 0.000000512. The van der Waals surface area contributed by atoms with E-state index in [1.807, 2.05) is 6.07 Å². The molecule has 0 radical (unpaired) electrons. The molecule has 0 saturated heterocycles. The van der Waals surface area contributed by atoms with Crippen LogP contribution in [0.25, 0.3) is 0 Å². The molecule has 0 saturated carbocycles. The lowest BCUT2D eigenvalue weighted by Crippen LogP contribution is -3.61. The average Bonchev–Trinajstić information content (AvgIpc) is 2.62. The maximum Gasteiger partial charge on any atom is 0.534 e. The van der Waals surface area contributed by atoms with E-state index in [-0.39, 0.29) is 5.75 Å². The molecule has 0 aromatic heterocycles. The van der Waals surface area contributed by atoms with Crippen molar-refractivity contribution in [3.05, 3.63) is 61.2 Å². The standard InChI is InChI=1S/C14H8F3INO3S.CHF3O3S/c15-14(16,17)23(20,21)22-13-4-2-1-3-12(13)18-11-7-5-10(9-19)6-8-11;2-1(3,4)8(5,6)7/h1-8H;(H,5,6,7)/q+1;/p-1. The van der Waals surface area contributed by atoms with Crippen LogP contribution in [0.15, 0.2) is 48.5 Å². The first kappa shape index (κ1) is 26.9. The van der Waals surface area contributed by atoms with Gasteiger partial charge in [0.05, 0.1) is 11.6 Å². The number of rotatable bonds is 4. The van der Waals surface area contributed by atoms with Crippen molar-refractivity contribution < 1.29 is 73.1 Å². The molecule has 2 rings (SSSR count). The summed E-state index contributed by atoms with van der Waals surface area (Å²) in [5, 5.41) is 8.73. The van der Waals surface area contributed by atoms with Crippen LogP contribution in [0.1, 0.15) is 5.56 Å². The molecule has 0 fully saturated rings. The van der Waals surface area contributed by atoms with E-state index >= 15 is 0 Å². The third-order valence-electron chi connectivity index (χ3n) is 2.79. The predicted molar refractivity (Wildman–Crippen MR) is 86.3 cm³/mol. The van der Waals surface area contributed by atoms with E-state index in [1.54, 1.807) is 30.3 Å². The molecule has 0 amide bonds. The van der Waals surface area contributed by atoms with E-state index in [0.29, 0.717) is 9.13 Å². The zero-order valence-electron chi connectivity index (χ0n) is 14.5. The molecule has 2 aromatic carbocycles. The number of nitriles is 1. The number of benzene rings is 2.